The number of carbonyl (C=O) groups is 3. The van der Waals surface area contributed by atoms with Gasteiger partial charge in [0.2, 0.25) is 5.91 Å². The highest BCUT2D eigenvalue weighted by Gasteiger charge is 2.45. The molecule has 0 radical (unpaired) electrons. The third kappa shape index (κ3) is 7.43. The number of rotatable bonds is 10. The van der Waals surface area contributed by atoms with Crippen LogP contribution in [-0.2, 0) is 37.4 Å². The van der Waals surface area contributed by atoms with Crippen molar-refractivity contribution >= 4 is 25.3 Å². The van der Waals surface area contributed by atoms with E-state index in [9.17, 15) is 18.9 Å². The van der Waals surface area contributed by atoms with Crippen LogP contribution < -0.4 is 0 Å². The summed E-state index contributed by atoms with van der Waals surface area (Å²) in [5.74, 6) is 0.0273. The average Bonchev–Trinajstić information content (AvgIpc) is 2.86. The van der Waals surface area contributed by atoms with Crippen molar-refractivity contribution < 1.29 is 42.2 Å². The van der Waals surface area contributed by atoms with Gasteiger partial charge in [-0.05, 0) is 32.1 Å². The summed E-state index contributed by atoms with van der Waals surface area (Å²) in [7, 11) is 0.374. The second kappa shape index (κ2) is 12.9. The number of ether oxygens (including phenoxy) is 3. The Bertz CT molecular complexity index is 1000. The van der Waals surface area contributed by atoms with Crippen molar-refractivity contribution in [1.82, 2.24) is 4.90 Å². The van der Waals surface area contributed by atoms with Gasteiger partial charge in [0.05, 0.1) is 18.2 Å². The number of benzene rings is 1. The van der Waals surface area contributed by atoms with Crippen molar-refractivity contribution in [1.29, 1.82) is 0 Å². The lowest BCUT2D eigenvalue weighted by molar-refractivity contribution is -0.170. The normalized spacial score (nSPS) is 23.2. The third-order valence-corrected chi connectivity index (χ3v) is 7.14. The first-order valence-electron chi connectivity index (χ1n) is 10.9. The molecule has 1 unspecified atom stereocenters. The van der Waals surface area contributed by atoms with Gasteiger partial charge in [0.15, 0.2) is 11.9 Å². The molecule has 1 amide bonds. The van der Waals surface area contributed by atoms with Gasteiger partial charge in [-0.15, -0.1) is 0 Å². The lowest BCUT2D eigenvalue weighted by Crippen LogP contribution is -2.60. The fourth-order valence-corrected chi connectivity index (χ4v) is 4.28. The number of hydrogen-bond donors (Lipinski definition) is 0. The maximum Gasteiger partial charge on any atom is 0.353 e. The number of carbonyl (C=O) groups excluding carboxylic acids is 3. The van der Waals surface area contributed by atoms with Crippen LogP contribution in [0.25, 0.3) is 0 Å². The Morgan fingerprint density at radius 3 is 2.17 bits per heavy atom. The summed E-state index contributed by atoms with van der Waals surface area (Å²) in [5.41, 5.74) is 0.665. The van der Waals surface area contributed by atoms with Crippen molar-refractivity contribution in [3.8, 4) is 0 Å². The second-order valence-corrected chi connectivity index (χ2v) is 9.95. The highest BCUT2D eigenvalue weighted by molar-refractivity contribution is 7.57. The quantitative estimate of drug-likeness (QED) is 0.266. The Morgan fingerprint density at radius 2 is 1.66 bits per heavy atom. The molecule has 1 saturated heterocycles. The van der Waals surface area contributed by atoms with Crippen LogP contribution in [0.2, 0.25) is 0 Å². The minimum absolute atomic E-state index is 0.0154. The molecule has 0 spiro atoms. The molecule has 1 aliphatic heterocycles. The maximum absolute atomic E-state index is 12.9. The molecule has 0 N–H and O–H groups in total. The predicted molar refractivity (Wildman–Crippen MR) is 128 cm³/mol. The fraction of sp³-hybridized carbons (Fsp3) is 0.458. The topological polar surface area (TPSA) is 118 Å². The zero-order valence-corrected chi connectivity index (χ0v) is 21.6. The van der Waals surface area contributed by atoms with Crippen molar-refractivity contribution in [3.05, 3.63) is 59.6 Å². The molecule has 0 saturated carbocycles. The van der Waals surface area contributed by atoms with Crippen LogP contribution >= 0.6 is 7.60 Å². The summed E-state index contributed by atoms with van der Waals surface area (Å²) >= 11 is 0. The highest BCUT2D eigenvalue weighted by Crippen LogP contribution is 2.48. The monoisotopic (exact) mass is 509 g/mol. The Balaban J connectivity index is 2.48. The summed E-state index contributed by atoms with van der Waals surface area (Å²) in [6, 6.07) is 7.63. The Morgan fingerprint density at radius 1 is 1.03 bits per heavy atom. The van der Waals surface area contributed by atoms with Gasteiger partial charge in [-0.3, -0.25) is 14.2 Å². The van der Waals surface area contributed by atoms with Gasteiger partial charge in [0.25, 0.3) is 0 Å². The van der Waals surface area contributed by atoms with E-state index in [-0.39, 0.29) is 18.3 Å². The van der Waals surface area contributed by atoms with Crippen LogP contribution in [0.15, 0.2) is 54.0 Å². The van der Waals surface area contributed by atoms with Gasteiger partial charge in [0, 0.05) is 45.8 Å². The average molecular weight is 509 g/mol. The lowest BCUT2D eigenvalue weighted by Gasteiger charge is -2.43. The van der Waals surface area contributed by atoms with Crippen molar-refractivity contribution in [3.63, 3.8) is 0 Å². The van der Waals surface area contributed by atoms with Crippen LogP contribution in [0.3, 0.4) is 0 Å². The Labute approximate surface area is 205 Å². The van der Waals surface area contributed by atoms with E-state index in [0.717, 1.165) is 0 Å². The van der Waals surface area contributed by atoms with Gasteiger partial charge < -0.3 is 28.2 Å². The van der Waals surface area contributed by atoms with E-state index in [2.05, 4.69) is 0 Å². The van der Waals surface area contributed by atoms with Gasteiger partial charge >= 0.3 is 13.6 Å². The standard InChI is InChI=1S/C24H32NO9P/c1-16(17(2)26)14-25(18(3)27)20-15-33-21(12-13-35(29,31-5)32-6)23(22(20)30-4)34-24(28)19-10-8-7-9-11-19/h7-14,20-23H,15H2,1-6H3/b13-12+,16-14-/t20-,21?,22+,23-/m1/s1. The summed E-state index contributed by atoms with van der Waals surface area (Å²) in [6.45, 7) is 4.32. The molecule has 1 aliphatic rings. The molecule has 2 rings (SSSR count). The second-order valence-electron chi connectivity index (χ2n) is 7.84. The molecular weight excluding hydrogens is 477 g/mol. The molecule has 11 heteroatoms. The molecule has 0 bridgehead atoms. The van der Waals surface area contributed by atoms with E-state index in [1.807, 2.05) is 0 Å². The molecule has 1 fully saturated rings. The molecule has 1 aromatic rings. The number of esters is 1. The zero-order chi connectivity index (χ0) is 26.2. The summed E-state index contributed by atoms with van der Waals surface area (Å²) in [6.07, 6.45) is 0.0664. The third-order valence-electron chi connectivity index (χ3n) is 5.59. The van der Waals surface area contributed by atoms with Crippen molar-refractivity contribution in [2.75, 3.05) is 27.9 Å². The molecule has 0 aliphatic carbocycles. The number of Topliss-reactive ketones (excluding diaryl/α,β-unsaturated/α-hetero) is 1. The lowest BCUT2D eigenvalue weighted by atomic mass is 9.95. The number of allylic oxidation sites excluding steroid dienone is 1. The minimum Gasteiger partial charge on any atom is -0.453 e. The van der Waals surface area contributed by atoms with Crippen LogP contribution in [-0.4, -0.2) is 74.8 Å². The Kier molecular flexibility index (Phi) is 10.5. The molecule has 192 valence electrons. The molecule has 1 heterocycles. The van der Waals surface area contributed by atoms with E-state index < -0.39 is 37.9 Å². The number of amides is 1. The predicted octanol–water partition coefficient (Wildman–Crippen LogP) is 3.34. The van der Waals surface area contributed by atoms with Gasteiger partial charge in [0.1, 0.15) is 12.2 Å². The molecular formula is C24H32NO9P. The van der Waals surface area contributed by atoms with Crippen molar-refractivity contribution in [2.45, 2.75) is 45.1 Å². The molecule has 1 aromatic carbocycles. The van der Waals surface area contributed by atoms with Crippen LogP contribution in [0.1, 0.15) is 31.1 Å². The first-order valence-corrected chi connectivity index (χ1v) is 12.5. The maximum atomic E-state index is 12.9. The molecule has 35 heavy (non-hydrogen) atoms. The fourth-order valence-electron chi connectivity index (χ4n) is 3.51. The number of nitrogens with zero attached hydrogens (tertiary/aromatic N) is 1. The highest BCUT2D eigenvalue weighted by atomic mass is 31.2. The van der Waals surface area contributed by atoms with E-state index in [4.69, 9.17) is 23.3 Å². The van der Waals surface area contributed by atoms with Crippen LogP contribution in [0, 0.1) is 0 Å². The zero-order valence-electron chi connectivity index (χ0n) is 20.7. The van der Waals surface area contributed by atoms with Crippen molar-refractivity contribution in [2.24, 2.45) is 0 Å². The first kappa shape index (κ1) is 28.6. The smallest absolute Gasteiger partial charge is 0.353 e. The summed E-state index contributed by atoms with van der Waals surface area (Å²) in [4.78, 5) is 38.5. The molecule has 10 nitrogen and oxygen atoms in total. The van der Waals surface area contributed by atoms with Gasteiger partial charge in [-0.25, -0.2) is 4.79 Å². The number of ketones is 1. The van der Waals surface area contributed by atoms with E-state index in [1.165, 1.54) is 58.2 Å². The minimum atomic E-state index is -3.53. The van der Waals surface area contributed by atoms with E-state index >= 15 is 0 Å². The van der Waals surface area contributed by atoms with Crippen LogP contribution in [0.5, 0.6) is 0 Å². The van der Waals surface area contributed by atoms with Crippen LogP contribution in [0.4, 0.5) is 0 Å². The molecule has 4 atom stereocenters. The van der Waals surface area contributed by atoms with Gasteiger partial charge in [-0.1, -0.05) is 18.2 Å². The SMILES string of the molecule is CO[C@@H]1[C@H](OC(=O)c2ccccc2)C(/C=C/P(=O)(OC)OC)OC[C@H]1N(/C=C(/C)C(C)=O)C(C)=O. The first-order chi connectivity index (χ1) is 16.6. The summed E-state index contributed by atoms with van der Waals surface area (Å²) in [5, 5.41) is 0. The molecule has 0 aromatic heterocycles. The largest absolute Gasteiger partial charge is 0.453 e. The Hall–Kier alpha value is -2.62. The number of methoxy groups -OCH3 is 1. The number of hydrogen-bond acceptors (Lipinski definition) is 9. The van der Waals surface area contributed by atoms with Gasteiger partial charge in [-0.2, -0.15) is 0 Å². The van der Waals surface area contributed by atoms with E-state index in [0.29, 0.717) is 11.1 Å². The van der Waals surface area contributed by atoms with E-state index in [1.54, 1.807) is 37.3 Å². The summed E-state index contributed by atoms with van der Waals surface area (Å²) < 4.78 is 39.8.